The maximum absolute atomic E-state index is 13.6. The van der Waals surface area contributed by atoms with Crippen molar-refractivity contribution >= 4 is 44.8 Å². The molecule has 2 aromatic carbocycles. The number of aryl methyl sites for hydroxylation is 2. The number of hydrogen-bond donors (Lipinski definition) is 2. The van der Waals surface area contributed by atoms with Crippen LogP contribution in [0.3, 0.4) is 0 Å². The summed E-state index contributed by atoms with van der Waals surface area (Å²) in [6, 6.07) is 8.44. The lowest BCUT2D eigenvalue weighted by Gasteiger charge is -2.37. The molecule has 1 atom stereocenters. The van der Waals surface area contributed by atoms with Crippen LogP contribution in [0.4, 0.5) is 11.4 Å². The van der Waals surface area contributed by atoms with Gasteiger partial charge in [-0.25, -0.2) is 8.42 Å². The standard InChI is InChI=1S/C19H20ClN3O4S/c1-11-9-17(12(2)8-13(11)20)28(26,27)23-15-7-5-4-6-14(15)22-19(25)16(23)10-18(24)21-3/h4-9,16H,10H2,1-3H3,(H,21,24)(H,22,25)/t16-/m1/s1. The van der Waals surface area contributed by atoms with Crippen molar-refractivity contribution in [3.05, 3.63) is 52.5 Å². The molecule has 148 valence electrons. The third-order valence-corrected chi connectivity index (χ3v) is 7.01. The van der Waals surface area contributed by atoms with E-state index in [1.54, 1.807) is 44.2 Å². The molecular weight excluding hydrogens is 402 g/mol. The van der Waals surface area contributed by atoms with Crippen LogP contribution < -0.4 is 14.9 Å². The molecule has 3 rings (SSSR count). The molecule has 1 aliphatic rings. The van der Waals surface area contributed by atoms with E-state index in [0.717, 1.165) is 4.31 Å². The van der Waals surface area contributed by atoms with E-state index >= 15 is 0 Å². The van der Waals surface area contributed by atoms with Gasteiger partial charge in [-0.3, -0.25) is 13.9 Å². The molecule has 2 aromatic rings. The van der Waals surface area contributed by atoms with E-state index in [1.807, 2.05) is 0 Å². The van der Waals surface area contributed by atoms with Gasteiger partial charge in [0.25, 0.3) is 10.0 Å². The summed E-state index contributed by atoms with van der Waals surface area (Å²) in [5, 5.41) is 5.57. The maximum Gasteiger partial charge on any atom is 0.265 e. The SMILES string of the molecule is CNC(=O)C[C@@H]1C(=O)Nc2ccccc2N1S(=O)(=O)c1cc(C)c(Cl)cc1C. The fourth-order valence-electron chi connectivity index (χ4n) is 3.15. The molecule has 0 unspecified atom stereocenters. The van der Waals surface area contributed by atoms with Crippen molar-refractivity contribution in [3.63, 3.8) is 0 Å². The van der Waals surface area contributed by atoms with Crippen molar-refractivity contribution in [3.8, 4) is 0 Å². The molecule has 7 nitrogen and oxygen atoms in total. The number of benzene rings is 2. The number of carbonyl (C=O) groups is 2. The van der Waals surface area contributed by atoms with Crippen LogP contribution in [0.15, 0.2) is 41.3 Å². The summed E-state index contributed by atoms with van der Waals surface area (Å²) in [6.45, 7) is 3.35. The van der Waals surface area contributed by atoms with Gasteiger partial charge in [0.05, 0.1) is 22.7 Å². The molecule has 2 N–H and O–H groups in total. The first-order chi connectivity index (χ1) is 13.2. The number of hydrogen-bond acceptors (Lipinski definition) is 4. The Morgan fingerprint density at radius 3 is 2.57 bits per heavy atom. The van der Waals surface area contributed by atoms with Crippen molar-refractivity contribution in [2.45, 2.75) is 31.2 Å². The maximum atomic E-state index is 13.6. The monoisotopic (exact) mass is 421 g/mol. The van der Waals surface area contributed by atoms with Gasteiger partial charge in [-0.15, -0.1) is 0 Å². The molecule has 0 saturated carbocycles. The molecule has 0 saturated heterocycles. The number of sulfonamides is 1. The minimum Gasteiger partial charge on any atom is -0.359 e. The Morgan fingerprint density at radius 1 is 1.21 bits per heavy atom. The van der Waals surface area contributed by atoms with Gasteiger partial charge >= 0.3 is 0 Å². The molecular formula is C19H20ClN3O4S. The highest BCUT2D eigenvalue weighted by Gasteiger charge is 2.42. The van der Waals surface area contributed by atoms with E-state index in [2.05, 4.69) is 10.6 Å². The number of nitrogens with zero attached hydrogens (tertiary/aromatic N) is 1. The first-order valence-corrected chi connectivity index (χ1v) is 10.4. The van der Waals surface area contributed by atoms with Gasteiger partial charge in [0.15, 0.2) is 0 Å². The number of halogens is 1. The molecule has 0 spiro atoms. The Morgan fingerprint density at radius 2 is 1.89 bits per heavy atom. The summed E-state index contributed by atoms with van der Waals surface area (Å²) in [6.07, 6.45) is -0.304. The average molecular weight is 422 g/mol. The normalized spacial score (nSPS) is 16.4. The van der Waals surface area contributed by atoms with Gasteiger partial charge < -0.3 is 10.6 Å². The Bertz CT molecular complexity index is 1070. The number of carbonyl (C=O) groups excluding carboxylic acids is 2. The minimum atomic E-state index is -4.15. The van der Waals surface area contributed by atoms with Crippen LogP contribution in [0.5, 0.6) is 0 Å². The van der Waals surface area contributed by atoms with Crippen molar-refractivity contribution < 1.29 is 18.0 Å². The molecule has 0 bridgehead atoms. The van der Waals surface area contributed by atoms with Crippen LogP contribution in [-0.4, -0.2) is 33.3 Å². The van der Waals surface area contributed by atoms with Crippen LogP contribution in [0.2, 0.25) is 5.02 Å². The van der Waals surface area contributed by atoms with E-state index < -0.39 is 27.9 Å². The van der Waals surface area contributed by atoms with E-state index in [-0.39, 0.29) is 11.3 Å². The molecule has 2 amide bonds. The first-order valence-electron chi connectivity index (χ1n) is 8.58. The number of nitrogens with one attached hydrogen (secondary N) is 2. The average Bonchev–Trinajstić information content (AvgIpc) is 2.64. The number of fused-ring (bicyclic) bond motifs is 1. The number of anilines is 2. The van der Waals surface area contributed by atoms with Gasteiger partial charge in [-0.1, -0.05) is 23.7 Å². The van der Waals surface area contributed by atoms with Gasteiger partial charge in [-0.2, -0.15) is 0 Å². The summed E-state index contributed by atoms with van der Waals surface area (Å²) in [4.78, 5) is 24.7. The fourth-order valence-corrected chi connectivity index (χ4v) is 5.30. The summed E-state index contributed by atoms with van der Waals surface area (Å²) in [5.41, 5.74) is 1.73. The molecule has 0 radical (unpaired) electrons. The van der Waals surface area contributed by atoms with Crippen LogP contribution in [0.25, 0.3) is 0 Å². The quantitative estimate of drug-likeness (QED) is 0.793. The van der Waals surface area contributed by atoms with Crippen LogP contribution in [0, 0.1) is 13.8 Å². The first kappa shape index (κ1) is 20.2. The lowest BCUT2D eigenvalue weighted by atomic mass is 10.1. The van der Waals surface area contributed by atoms with Crippen molar-refractivity contribution in [1.29, 1.82) is 0 Å². The largest absolute Gasteiger partial charge is 0.359 e. The smallest absolute Gasteiger partial charge is 0.265 e. The highest BCUT2D eigenvalue weighted by molar-refractivity contribution is 7.93. The van der Waals surface area contributed by atoms with Crippen molar-refractivity contribution in [1.82, 2.24) is 5.32 Å². The van der Waals surface area contributed by atoms with Gasteiger partial charge in [0.1, 0.15) is 6.04 Å². The predicted octanol–water partition coefficient (Wildman–Crippen LogP) is 2.61. The summed E-state index contributed by atoms with van der Waals surface area (Å²) >= 11 is 6.12. The Balaban J connectivity index is 2.23. The number of amides is 2. The fraction of sp³-hybridized carbons (Fsp3) is 0.263. The number of rotatable bonds is 4. The van der Waals surface area contributed by atoms with E-state index in [9.17, 15) is 18.0 Å². The molecule has 0 aromatic heterocycles. The van der Waals surface area contributed by atoms with Crippen LogP contribution >= 0.6 is 11.6 Å². The third kappa shape index (κ3) is 3.45. The van der Waals surface area contributed by atoms with Crippen LogP contribution in [0.1, 0.15) is 17.5 Å². The zero-order valence-corrected chi connectivity index (χ0v) is 17.2. The van der Waals surface area contributed by atoms with Crippen LogP contribution in [-0.2, 0) is 19.6 Å². The van der Waals surface area contributed by atoms with Gasteiger partial charge in [0, 0.05) is 12.1 Å². The Labute approximate surface area is 168 Å². The Hall–Kier alpha value is -2.58. The molecule has 28 heavy (non-hydrogen) atoms. The molecule has 0 aliphatic carbocycles. The van der Waals surface area contributed by atoms with E-state index in [1.165, 1.54) is 13.1 Å². The van der Waals surface area contributed by atoms with Gasteiger partial charge in [-0.05, 0) is 49.2 Å². The second-order valence-corrected chi connectivity index (χ2v) is 8.76. The molecule has 1 aliphatic heterocycles. The molecule has 1 heterocycles. The molecule has 0 fully saturated rings. The van der Waals surface area contributed by atoms with Crippen molar-refractivity contribution in [2.75, 3.05) is 16.7 Å². The second-order valence-electron chi connectivity index (χ2n) is 6.57. The van der Waals surface area contributed by atoms with Gasteiger partial charge in [0.2, 0.25) is 11.8 Å². The minimum absolute atomic E-state index is 0.0424. The zero-order chi connectivity index (χ0) is 20.6. The predicted molar refractivity (Wildman–Crippen MR) is 108 cm³/mol. The summed E-state index contributed by atoms with van der Waals surface area (Å²) in [5.74, 6) is -1.00. The highest BCUT2D eigenvalue weighted by Crippen LogP contribution is 2.38. The second kappa shape index (κ2) is 7.44. The lowest BCUT2D eigenvalue weighted by molar-refractivity contribution is -0.124. The number of para-hydroxylation sites is 2. The van der Waals surface area contributed by atoms with E-state index in [4.69, 9.17) is 11.6 Å². The highest BCUT2D eigenvalue weighted by atomic mass is 35.5. The summed E-state index contributed by atoms with van der Waals surface area (Å²) < 4.78 is 28.3. The third-order valence-electron chi connectivity index (χ3n) is 4.64. The Kier molecular flexibility index (Phi) is 5.36. The summed E-state index contributed by atoms with van der Waals surface area (Å²) in [7, 11) is -2.71. The molecule has 9 heteroatoms. The van der Waals surface area contributed by atoms with E-state index in [0.29, 0.717) is 27.5 Å². The zero-order valence-electron chi connectivity index (χ0n) is 15.6. The topological polar surface area (TPSA) is 95.6 Å². The van der Waals surface area contributed by atoms with Crippen molar-refractivity contribution in [2.24, 2.45) is 0 Å². The lowest BCUT2D eigenvalue weighted by Crippen LogP contribution is -2.52.